The Hall–Kier alpha value is -2.06. The van der Waals surface area contributed by atoms with Crippen LogP contribution in [0.1, 0.15) is 16.7 Å². The van der Waals surface area contributed by atoms with E-state index in [1.54, 1.807) is 12.3 Å². The highest BCUT2D eigenvalue weighted by atomic mass is 35.5. The number of alkyl halides is 3. The fourth-order valence-corrected chi connectivity index (χ4v) is 3.58. The zero-order valence-corrected chi connectivity index (χ0v) is 15.0. The van der Waals surface area contributed by atoms with Gasteiger partial charge in [-0.25, -0.2) is 9.98 Å². The zero-order chi connectivity index (χ0) is 18.9. The minimum absolute atomic E-state index is 0.0690. The first kappa shape index (κ1) is 18.7. The van der Waals surface area contributed by atoms with Crippen molar-refractivity contribution in [1.82, 2.24) is 10.3 Å². The number of carbonyl (C=O) groups is 1. The summed E-state index contributed by atoms with van der Waals surface area (Å²) >= 11 is 7.15. The second-order valence-electron chi connectivity index (χ2n) is 5.71. The summed E-state index contributed by atoms with van der Waals surface area (Å²) in [4.78, 5) is 20.5. The number of aromatic nitrogens is 1. The van der Waals surface area contributed by atoms with Gasteiger partial charge in [-0.2, -0.15) is 13.2 Å². The number of hydrogen-bond donors (Lipinski definition) is 1. The molecule has 0 spiro atoms. The lowest BCUT2D eigenvalue weighted by atomic mass is 10.1. The number of nitrogens with zero attached hydrogens (tertiary/aromatic N) is 2. The lowest BCUT2D eigenvalue weighted by molar-refractivity contribution is -0.137. The average Bonchev–Trinajstić information content (AvgIpc) is 2.88. The molecule has 9 heteroatoms. The lowest BCUT2D eigenvalue weighted by Gasteiger charge is -2.12. The molecule has 1 aliphatic rings. The first-order valence-corrected chi connectivity index (χ1v) is 8.82. The summed E-state index contributed by atoms with van der Waals surface area (Å²) in [5, 5.41) is 2.57. The molecule has 0 radical (unpaired) electrons. The van der Waals surface area contributed by atoms with Crippen molar-refractivity contribution in [1.29, 1.82) is 0 Å². The summed E-state index contributed by atoms with van der Waals surface area (Å²) < 4.78 is 38.6. The number of nitrogens with one attached hydrogen (secondary N) is 1. The number of thioether (sulfide) groups is 1. The van der Waals surface area contributed by atoms with Crippen molar-refractivity contribution in [3.8, 4) is 0 Å². The Kier molecular flexibility index (Phi) is 5.24. The first-order valence-electron chi connectivity index (χ1n) is 7.57. The quantitative estimate of drug-likeness (QED) is 0.825. The minimum atomic E-state index is -4.46. The van der Waals surface area contributed by atoms with Gasteiger partial charge in [0.1, 0.15) is 0 Å². The van der Waals surface area contributed by atoms with E-state index in [-0.39, 0.29) is 22.9 Å². The van der Waals surface area contributed by atoms with Crippen molar-refractivity contribution in [2.24, 2.45) is 4.99 Å². The molecular weight excluding hydrogens is 387 g/mol. The van der Waals surface area contributed by atoms with Gasteiger partial charge in [0.05, 0.1) is 10.8 Å². The van der Waals surface area contributed by atoms with Crippen LogP contribution in [-0.4, -0.2) is 21.3 Å². The molecule has 0 saturated carbocycles. The van der Waals surface area contributed by atoms with Gasteiger partial charge in [0.2, 0.25) is 5.91 Å². The monoisotopic (exact) mass is 399 g/mol. The largest absolute Gasteiger partial charge is 0.416 e. The van der Waals surface area contributed by atoms with E-state index in [0.29, 0.717) is 11.0 Å². The maximum absolute atomic E-state index is 12.9. The molecule has 1 saturated heterocycles. The maximum Gasteiger partial charge on any atom is 0.416 e. The van der Waals surface area contributed by atoms with E-state index >= 15 is 0 Å². The van der Waals surface area contributed by atoms with Crippen LogP contribution in [0.2, 0.25) is 5.02 Å². The summed E-state index contributed by atoms with van der Waals surface area (Å²) in [6.07, 6.45) is -2.79. The Morgan fingerprint density at radius 2 is 2.08 bits per heavy atom. The maximum atomic E-state index is 12.9. The van der Waals surface area contributed by atoms with Crippen LogP contribution in [0.15, 0.2) is 41.5 Å². The molecule has 0 bridgehead atoms. The third-order valence-electron chi connectivity index (χ3n) is 3.67. The second kappa shape index (κ2) is 7.28. The number of benzene rings is 1. The van der Waals surface area contributed by atoms with Crippen molar-refractivity contribution in [2.75, 3.05) is 0 Å². The van der Waals surface area contributed by atoms with E-state index in [1.165, 1.54) is 6.07 Å². The topological polar surface area (TPSA) is 54.4 Å². The minimum Gasteiger partial charge on any atom is -0.304 e. The van der Waals surface area contributed by atoms with Gasteiger partial charge < -0.3 is 5.32 Å². The number of aryl methyl sites for hydroxylation is 1. The Labute approximate surface area is 156 Å². The molecule has 2 heterocycles. The van der Waals surface area contributed by atoms with E-state index in [1.807, 2.05) is 13.0 Å². The van der Waals surface area contributed by atoms with E-state index < -0.39 is 17.0 Å². The molecule has 1 aromatic carbocycles. The number of hydrogen-bond acceptors (Lipinski definition) is 4. The molecule has 1 fully saturated rings. The van der Waals surface area contributed by atoms with Gasteiger partial charge in [-0.05, 0) is 54.8 Å². The molecule has 0 aliphatic carbocycles. The molecule has 1 unspecified atom stereocenters. The summed E-state index contributed by atoms with van der Waals surface area (Å²) in [6.45, 7) is 1.89. The van der Waals surface area contributed by atoms with Crippen LogP contribution >= 0.6 is 23.4 Å². The Morgan fingerprint density at radius 3 is 2.77 bits per heavy atom. The third kappa shape index (κ3) is 4.37. The molecule has 26 heavy (non-hydrogen) atoms. The van der Waals surface area contributed by atoms with Gasteiger partial charge in [-0.3, -0.25) is 4.79 Å². The standard InChI is InChI=1S/C17H13ClF3N3OS/c1-9-4-5-22-14(6-9)23-16-24-15(25)13(26-16)8-10-7-11(17(19,20)21)2-3-12(10)18/h2-7,13H,8H2,1H3,(H,22,23,24,25). The number of carbonyl (C=O) groups excluding carboxylic acids is 1. The number of amides is 1. The van der Waals surface area contributed by atoms with E-state index in [4.69, 9.17) is 11.6 Å². The second-order valence-corrected chi connectivity index (χ2v) is 7.31. The van der Waals surface area contributed by atoms with Crippen LogP contribution in [-0.2, 0) is 17.4 Å². The number of aliphatic imine (C=N–C) groups is 1. The Balaban J connectivity index is 1.78. The molecular formula is C17H13ClF3N3OS. The van der Waals surface area contributed by atoms with Crippen LogP contribution in [0, 0.1) is 6.92 Å². The van der Waals surface area contributed by atoms with Gasteiger partial charge >= 0.3 is 6.18 Å². The molecule has 1 aliphatic heterocycles. The smallest absolute Gasteiger partial charge is 0.304 e. The summed E-state index contributed by atoms with van der Waals surface area (Å²) in [7, 11) is 0. The van der Waals surface area contributed by atoms with Crippen LogP contribution < -0.4 is 5.32 Å². The van der Waals surface area contributed by atoms with Crippen molar-refractivity contribution < 1.29 is 18.0 Å². The number of halogens is 4. The fourth-order valence-electron chi connectivity index (χ4n) is 2.38. The van der Waals surface area contributed by atoms with E-state index in [2.05, 4.69) is 15.3 Å². The third-order valence-corrected chi connectivity index (χ3v) is 5.12. The molecule has 1 aromatic heterocycles. The van der Waals surface area contributed by atoms with E-state index in [0.717, 1.165) is 29.5 Å². The zero-order valence-electron chi connectivity index (χ0n) is 13.5. The highest BCUT2D eigenvalue weighted by molar-refractivity contribution is 8.15. The normalized spacial score (nSPS) is 19.0. The SMILES string of the molecule is Cc1ccnc(N=C2NC(=O)C(Cc3cc(C(F)(F)F)ccc3Cl)S2)c1. The Morgan fingerprint density at radius 1 is 1.31 bits per heavy atom. The summed E-state index contributed by atoms with van der Waals surface area (Å²) in [5.41, 5.74) is 0.447. The van der Waals surface area contributed by atoms with Gasteiger partial charge in [0.15, 0.2) is 11.0 Å². The predicted octanol–water partition coefficient (Wildman–Crippen LogP) is 4.52. The number of rotatable bonds is 3. The lowest BCUT2D eigenvalue weighted by Crippen LogP contribution is -2.26. The van der Waals surface area contributed by atoms with Crippen LogP contribution in [0.25, 0.3) is 0 Å². The molecule has 4 nitrogen and oxygen atoms in total. The Bertz CT molecular complexity index is 886. The highest BCUT2D eigenvalue weighted by Crippen LogP contribution is 2.34. The van der Waals surface area contributed by atoms with Crippen LogP contribution in [0.5, 0.6) is 0 Å². The number of pyridine rings is 1. The molecule has 3 rings (SSSR count). The van der Waals surface area contributed by atoms with Gasteiger partial charge in [0.25, 0.3) is 0 Å². The van der Waals surface area contributed by atoms with Crippen molar-refractivity contribution in [2.45, 2.75) is 24.8 Å². The van der Waals surface area contributed by atoms with E-state index in [9.17, 15) is 18.0 Å². The molecule has 1 N–H and O–H groups in total. The van der Waals surface area contributed by atoms with Crippen molar-refractivity contribution in [3.05, 3.63) is 58.2 Å². The van der Waals surface area contributed by atoms with Gasteiger partial charge in [0, 0.05) is 11.2 Å². The van der Waals surface area contributed by atoms with Crippen molar-refractivity contribution >= 4 is 40.3 Å². The van der Waals surface area contributed by atoms with Crippen molar-refractivity contribution in [3.63, 3.8) is 0 Å². The number of amidine groups is 1. The first-order chi connectivity index (χ1) is 12.2. The van der Waals surface area contributed by atoms with Gasteiger partial charge in [-0.15, -0.1) is 0 Å². The summed E-state index contributed by atoms with van der Waals surface area (Å²) in [6, 6.07) is 6.68. The predicted molar refractivity (Wildman–Crippen MR) is 95.7 cm³/mol. The highest BCUT2D eigenvalue weighted by Gasteiger charge is 2.34. The molecule has 136 valence electrons. The average molecular weight is 400 g/mol. The molecule has 1 atom stereocenters. The summed E-state index contributed by atoms with van der Waals surface area (Å²) in [5.74, 6) is 0.125. The van der Waals surface area contributed by atoms with Crippen LogP contribution in [0.3, 0.4) is 0 Å². The molecule has 1 amide bonds. The van der Waals surface area contributed by atoms with Gasteiger partial charge in [-0.1, -0.05) is 23.4 Å². The fraction of sp³-hybridized carbons (Fsp3) is 0.235. The van der Waals surface area contributed by atoms with Crippen LogP contribution in [0.4, 0.5) is 19.0 Å². The molecule has 2 aromatic rings.